The second kappa shape index (κ2) is 6.44. The van der Waals surface area contributed by atoms with Crippen LogP contribution in [-0.4, -0.2) is 20.4 Å². The third-order valence-electron chi connectivity index (χ3n) is 3.00. The van der Waals surface area contributed by atoms with Gasteiger partial charge in [0.15, 0.2) is 17.5 Å². The summed E-state index contributed by atoms with van der Waals surface area (Å²) in [4.78, 5) is 20.9. The van der Waals surface area contributed by atoms with Gasteiger partial charge in [-0.05, 0) is 0 Å². The monoisotopic (exact) mass is 331 g/mol. The first-order valence-corrected chi connectivity index (χ1v) is 7.51. The number of nitrogens with zero attached hydrogens (tertiary/aromatic N) is 4. The Labute approximate surface area is 134 Å². The van der Waals surface area contributed by atoms with Crippen LogP contribution in [0.1, 0.15) is 17.1 Å². The van der Waals surface area contributed by atoms with E-state index < -0.39 is 5.76 Å². The van der Waals surface area contributed by atoms with Crippen molar-refractivity contribution in [3.63, 3.8) is 0 Å². The SMILES string of the molecule is Cn1c(/C(=N\OCc2csc(N)n2)c2ccccc2)noc1=O. The van der Waals surface area contributed by atoms with Crippen molar-refractivity contribution in [2.24, 2.45) is 12.2 Å². The Bertz CT molecular complexity index is 881. The summed E-state index contributed by atoms with van der Waals surface area (Å²) >= 11 is 1.33. The Hall–Kier alpha value is -2.94. The average Bonchev–Trinajstić information content (AvgIpc) is 3.12. The molecule has 118 valence electrons. The number of thiazole rings is 1. The molecule has 0 atom stereocenters. The molecule has 0 aliphatic carbocycles. The lowest BCUT2D eigenvalue weighted by Gasteiger charge is -2.04. The van der Waals surface area contributed by atoms with Crippen molar-refractivity contribution in [2.75, 3.05) is 5.73 Å². The highest BCUT2D eigenvalue weighted by Crippen LogP contribution is 2.13. The van der Waals surface area contributed by atoms with Crippen LogP contribution in [0.25, 0.3) is 0 Å². The standard InChI is InChI=1S/C14H13N5O3S/c1-19-12(18-22-14(19)20)11(9-5-3-2-4-6-9)17-21-7-10-8-23-13(15)16-10/h2-6,8H,7H2,1H3,(H2,15,16)/b17-11-. The summed E-state index contributed by atoms with van der Waals surface area (Å²) < 4.78 is 5.92. The minimum absolute atomic E-state index is 0.163. The lowest BCUT2D eigenvalue weighted by atomic mass is 10.1. The maximum Gasteiger partial charge on any atom is 0.441 e. The van der Waals surface area contributed by atoms with Gasteiger partial charge in [-0.3, -0.25) is 9.09 Å². The third-order valence-corrected chi connectivity index (χ3v) is 3.72. The van der Waals surface area contributed by atoms with Crippen molar-refractivity contribution in [1.29, 1.82) is 0 Å². The molecule has 2 N–H and O–H groups in total. The lowest BCUT2D eigenvalue weighted by molar-refractivity contribution is 0.128. The van der Waals surface area contributed by atoms with E-state index in [4.69, 9.17) is 10.6 Å². The van der Waals surface area contributed by atoms with E-state index in [-0.39, 0.29) is 12.4 Å². The zero-order chi connectivity index (χ0) is 16.2. The highest BCUT2D eigenvalue weighted by atomic mass is 32.1. The van der Waals surface area contributed by atoms with E-state index in [2.05, 4.69) is 19.8 Å². The fourth-order valence-electron chi connectivity index (χ4n) is 1.86. The van der Waals surface area contributed by atoms with Crippen LogP contribution in [0.2, 0.25) is 0 Å². The van der Waals surface area contributed by atoms with Crippen LogP contribution < -0.4 is 11.5 Å². The van der Waals surface area contributed by atoms with Crippen LogP contribution in [-0.2, 0) is 18.5 Å². The van der Waals surface area contributed by atoms with Gasteiger partial charge in [-0.15, -0.1) is 11.3 Å². The molecule has 8 nitrogen and oxygen atoms in total. The molecule has 2 heterocycles. The Balaban J connectivity index is 1.90. The summed E-state index contributed by atoms with van der Waals surface area (Å²) in [5.41, 5.74) is 7.38. The maximum atomic E-state index is 11.5. The van der Waals surface area contributed by atoms with E-state index >= 15 is 0 Å². The normalized spacial score (nSPS) is 11.6. The van der Waals surface area contributed by atoms with Crippen molar-refractivity contribution < 1.29 is 9.36 Å². The largest absolute Gasteiger partial charge is 0.441 e. The van der Waals surface area contributed by atoms with Crippen molar-refractivity contribution in [3.05, 3.63) is 63.3 Å². The number of hydrogen-bond acceptors (Lipinski definition) is 8. The smallest absolute Gasteiger partial charge is 0.389 e. The van der Waals surface area contributed by atoms with Gasteiger partial charge in [-0.1, -0.05) is 40.6 Å². The van der Waals surface area contributed by atoms with Crippen LogP contribution >= 0.6 is 11.3 Å². The molecule has 1 aromatic carbocycles. The number of oxime groups is 1. The van der Waals surface area contributed by atoms with Crippen LogP contribution in [0.4, 0.5) is 5.13 Å². The summed E-state index contributed by atoms with van der Waals surface area (Å²) in [6, 6.07) is 9.25. The van der Waals surface area contributed by atoms with Crippen LogP contribution in [0.5, 0.6) is 0 Å². The number of hydrogen-bond donors (Lipinski definition) is 1. The van der Waals surface area contributed by atoms with Gasteiger partial charge >= 0.3 is 5.76 Å². The van der Waals surface area contributed by atoms with Crippen molar-refractivity contribution in [3.8, 4) is 0 Å². The van der Waals surface area contributed by atoms with Gasteiger partial charge in [-0.25, -0.2) is 9.78 Å². The van der Waals surface area contributed by atoms with Gasteiger partial charge in [0.1, 0.15) is 0 Å². The van der Waals surface area contributed by atoms with Crippen LogP contribution in [0.3, 0.4) is 0 Å². The molecule has 0 aliphatic rings. The third kappa shape index (κ3) is 3.29. The summed E-state index contributed by atoms with van der Waals surface area (Å²) in [6.45, 7) is 0.163. The van der Waals surface area contributed by atoms with Crippen LogP contribution in [0, 0.1) is 0 Å². The summed E-state index contributed by atoms with van der Waals surface area (Å²) in [7, 11) is 1.55. The number of benzene rings is 1. The minimum atomic E-state index is -0.573. The molecule has 3 rings (SSSR count). The average molecular weight is 331 g/mol. The van der Waals surface area contributed by atoms with Gasteiger partial charge < -0.3 is 10.6 Å². The van der Waals surface area contributed by atoms with E-state index in [1.165, 1.54) is 15.9 Å². The van der Waals surface area contributed by atoms with Crippen molar-refractivity contribution in [1.82, 2.24) is 14.7 Å². The second-order valence-electron chi connectivity index (χ2n) is 4.59. The topological polar surface area (TPSA) is 109 Å². The molecule has 0 amide bonds. The first-order chi connectivity index (χ1) is 11.1. The number of aromatic nitrogens is 3. The number of nitrogen functional groups attached to an aromatic ring is 1. The van der Waals surface area contributed by atoms with Crippen molar-refractivity contribution in [2.45, 2.75) is 6.61 Å². The fraction of sp³-hybridized carbons (Fsp3) is 0.143. The molecule has 0 radical (unpaired) electrons. The molecule has 0 bridgehead atoms. The van der Waals surface area contributed by atoms with E-state index in [1.54, 1.807) is 12.4 Å². The highest BCUT2D eigenvalue weighted by Gasteiger charge is 2.17. The predicted octanol–water partition coefficient (Wildman–Crippen LogP) is 1.38. The molecule has 0 aliphatic heterocycles. The van der Waals surface area contributed by atoms with Gasteiger partial charge in [0.25, 0.3) is 0 Å². The maximum absolute atomic E-state index is 11.5. The quantitative estimate of drug-likeness (QED) is 0.559. The fourth-order valence-corrected chi connectivity index (χ4v) is 2.41. The summed E-state index contributed by atoms with van der Waals surface area (Å²) in [5.74, 6) is -0.296. The molecule has 9 heteroatoms. The molecule has 0 fully saturated rings. The Morgan fingerprint density at radius 1 is 1.43 bits per heavy atom. The summed E-state index contributed by atoms with van der Waals surface area (Å²) in [5, 5.41) is 10.1. The highest BCUT2D eigenvalue weighted by molar-refractivity contribution is 7.13. The molecule has 0 saturated heterocycles. The second-order valence-corrected chi connectivity index (χ2v) is 5.48. The zero-order valence-electron chi connectivity index (χ0n) is 12.2. The molecular formula is C14H13N5O3S. The van der Waals surface area contributed by atoms with E-state index in [9.17, 15) is 4.79 Å². The lowest BCUT2D eigenvalue weighted by Crippen LogP contribution is -2.17. The molecule has 2 aromatic heterocycles. The van der Waals surface area contributed by atoms with Crippen molar-refractivity contribution >= 4 is 22.2 Å². The minimum Gasteiger partial charge on any atom is -0.389 e. The zero-order valence-corrected chi connectivity index (χ0v) is 13.0. The molecule has 23 heavy (non-hydrogen) atoms. The predicted molar refractivity (Wildman–Crippen MR) is 85.1 cm³/mol. The number of rotatable bonds is 5. The van der Waals surface area contributed by atoms with Gasteiger partial charge in [-0.2, -0.15) is 0 Å². The first-order valence-electron chi connectivity index (χ1n) is 6.63. The molecule has 0 unspecified atom stereocenters. The number of anilines is 1. The Kier molecular flexibility index (Phi) is 4.20. The van der Waals surface area contributed by atoms with Gasteiger partial charge in [0.2, 0.25) is 5.82 Å². The first kappa shape index (κ1) is 15.0. The van der Waals surface area contributed by atoms with E-state index in [1.807, 2.05) is 30.3 Å². The Morgan fingerprint density at radius 2 is 2.22 bits per heavy atom. The number of nitrogens with two attached hydrogens (primary N) is 1. The molecule has 0 spiro atoms. The van der Waals surface area contributed by atoms with E-state index in [0.29, 0.717) is 16.5 Å². The molecule has 0 saturated carbocycles. The Morgan fingerprint density at radius 3 is 2.83 bits per heavy atom. The van der Waals surface area contributed by atoms with Gasteiger partial charge in [0, 0.05) is 18.0 Å². The van der Waals surface area contributed by atoms with Gasteiger partial charge in [0.05, 0.1) is 5.69 Å². The van der Waals surface area contributed by atoms with E-state index in [0.717, 1.165) is 5.56 Å². The molecular weight excluding hydrogens is 318 g/mol. The molecule has 3 aromatic rings. The van der Waals surface area contributed by atoms with Crippen LogP contribution in [0.15, 0.2) is 50.2 Å². The summed E-state index contributed by atoms with van der Waals surface area (Å²) in [6.07, 6.45) is 0.